The monoisotopic (exact) mass is 407 g/mol. The van der Waals surface area contributed by atoms with Crippen LogP contribution in [0.15, 0.2) is 47.6 Å². The Labute approximate surface area is 173 Å². The third-order valence-corrected chi connectivity index (χ3v) is 4.71. The fourth-order valence-corrected chi connectivity index (χ4v) is 3.45. The molecule has 1 N–H and O–H groups in total. The topological polar surface area (TPSA) is 116 Å². The molecule has 1 aromatic heterocycles. The van der Waals surface area contributed by atoms with E-state index in [1.165, 1.54) is 23.3 Å². The number of hydrogen-bond acceptors (Lipinski definition) is 6. The van der Waals surface area contributed by atoms with Crippen LogP contribution in [0.5, 0.6) is 0 Å². The molecular formula is C21H21N5O4. The Hall–Kier alpha value is -4.01. The highest BCUT2D eigenvalue weighted by molar-refractivity contribution is 5.83. The van der Waals surface area contributed by atoms with Crippen molar-refractivity contribution in [2.24, 2.45) is 5.10 Å². The van der Waals surface area contributed by atoms with Crippen LogP contribution in [0.3, 0.4) is 0 Å². The summed E-state index contributed by atoms with van der Waals surface area (Å²) in [5.41, 5.74) is 8.17. The highest BCUT2D eigenvalue weighted by atomic mass is 16.6. The summed E-state index contributed by atoms with van der Waals surface area (Å²) in [6.45, 7) is 8.07. The van der Waals surface area contributed by atoms with E-state index in [1.54, 1.807) is 6.21 Å². The van der Waals surface area contributed by atoms with E-state index in [2.05, 4.69) is 33.3 Å². The first-order valence-corrected chi connectivity index (χ1v) is 9.17. The van der Waals surface area contributed by atoms with Gasteiger partial charge >= 0.3 is 5.69 Å². The van der Waals surface area contributed by atoms with Crippen LogP contribution in [-0.2, 0) is 0 Å². The Morgan fingerprint density at radius 1 is 0.933 bits per heavy atom. The molecule has 9 nitrogen and oxygen atoms in total. The van der Waals surface area contributed by atoms with E-state index in [-0.39, 0.29) is 11.4 Å². The minimum atomic E-state index is -0.684. The Bertz CT molecular complexity index is 1160. The fourth-order valence-electron chi connectivity index (χ4n) is 3.45. The Morgan fingerprint density at radius 2 is 1.60 bits per heavy atom. The van der Waals surface area contributed by atoms with Gasteiger partial charge in [-0.3, -0.25) is 25.7 Å². The lowest BCUT2D eigenvalue weighted by atomic mass is 10.1. The number of nitrogens with zero attached hydrogens (tertiary/aromatic N) is 4. The van der Waals surface area contributed by atoms with Crippen LogP contribution >= 0.6 is 0 Å². The number of rotatable bonds is 6. The van der Waals surface area contributed by atoms with Gasteiger partial charge < -0.3 is 4.57 Å². The van der Waals surface area contributed by atoms with E-state index >= 15 is 0 Å². The van der Waals surface area contributed by atoms with Gasteiger partial charge in [-0.1, -0.05) is 6.07 Å². The van der Waals surface area contributed by atoms with Crippen molar-refractivity contribution < 1.29 is 9.85 Å². The minimum Gasteiger partial charge on any atom is -0.318 e. The lowest BCUT2D eigenvalue weighted by Gasteiger charge is -2.11. The lowest BCUT2D eigenvalue weighted by Crippen LogP contribution is -2.01. The van der Waals surface area contributed by atoms with Crippen LogP contribution in [0.2, 0.25) is 0 Å². The van der Waals surface area contributed by atoms with Gasteiger partial charge in [0.15, 0.2) is 0 Å². The van der Waals surface area contributed by atoms with Gasteiger partial charge in [-0.2, -0.15) is 5.10 Å². The molecule has 0 spiro atoms. The fraction of sp³-hybridized carbons (Fsp3) is 0.190. The summed E-state index contributed by atoms with van der Waals surface area (Å²) in [6, 6.07) is 11.7. The molecule has 0 unspecified atom stereocenters. The maximum Gasteiger partial charge on any atom is 0.301 e. The number of hydrogen-bond donors (Lipinski definition) is 1. The Morgan fingerprint density at radius 3 is 2.20 bits per heavy atom. The van der Waals surface area contributed by atoms with E-state index in [0.29, 0.717) is 0 Å². The quantitative estimate of drug-likeness (QED) is 0.352. The first-order chi connectivity index (χ1) is 14.2. The summed E-state index contributed by atoms with van der Waals surface area (Å²) in [5.74, 6) is 0. The maximum absolute atomic E-state index is 11.2. The third kappa shape index (κ3) is 4.19. The molecule has 2 aromatic carbocycles. The SMILES string of the molecule is Cc1cc(C)cc(-n2c(C)cc(/C=N\Nc3ccc([N+](=O)[O-])cc3[N+](=O)[O-])c2C)c1. The second-order valence-corrected chi connectivity index (χ2v) is 7.09. The molecule has 0 saturated carbocycles. The van der Waals surface area contributed by atoms with E-state index in [1.807, 2.05) is 33.8 Å². The van der Waals surface area contributed by atoms with Gasteiger partial charge in [0.1, 0.15) is 5.69 Å². The van der Waals surface area contributed by atoms with Crippen molar-refractivity contribution in [3.05, 3.63) is 90.8 Å². The first-order valence-electron chi connectivity index (χ1n) is 9.17. The first kappa shape index (κ1) is 20.7. The van der Waals surface area contributed by atoms with Gasteiger partial charge in [0.2, 0.25) is 0 Å². The van der Waals surface area contributed by atoms with Crippen LogP contribution in [-0.4, -0.2) is 20.6 Å². The van der Waals surface area contributed by atoms with Crippen LogP contribution in [0.1, 0.15) is 28.1 Å². The second-order valence-electron chi connectivity index (χ2n) is 7.09. The van der Waals surface area contributed by atoms with Gasteiger partial charge in [0, 0.05) is 28.7 Å². The van der Waals surface area contributed by atoms with Gasteiger partial charge in [-0.15, -0.1) is 0 Å². The molecule has 9 heteroatoms. The van der Waals surface area contributed by atoms with E-state index in [4.69, 9.17) is 0 Å². The van der Waals surface area contributed by atoms with Gasteiger partial charge in [-0.25, -0.2) is 0 Å². The van der Waals surface area contributed by atoms with Gasteiger partial charge in [0.05, 0.1) is 22.1 Å². The summed E-state index contributed by atoms with van der Waals surface area (Å²) >= 11 is 0. The molecule has 0 aliphatic carbocycles. The van der Waals surface area contributed by atoms with Crippen molar-refractivity contribution in [2.45, 2.75) is 27.7 Å². The molecule has 0 amide bonds. The molecule has 0 aliphatic rings. The van der Waals surface area contributed by atoms with E-state index < -0.39 is 15.5 Å². The zero-order chi connectivity index (χ0) is 22.0. The summed E-state index contributed by atoms with van der Waals surface area (Å²) in [5, 5.41) is 26.2. The molecule has 3 aromatic rings. The molecule has 0 aliphatic heterocycles. The third-order valence-electron chi connectivity index (χ3n) is 4.71. The number of benzene rings is 2. The number of nitro benzene ring substituents is 2. The molecule has 0 saturated heterocycles. The van der Waals surface area contributed by atoms with Crippen molar-refractivity contribution in [1.82, 2.24) is 4.57 Å². The molecule has 30 heavy (non-hydrogen) atoms. The standard InChI is InChI=1S/C21H21N5O4/c1-13-7-14(2)9-19(8-13)24-15(3)10-17(16(24)4)12-22-23-20-6-5-18(25(27)28)11-21(20)26(29)30/h5-12,23H,1-4H3/b22-12-. The second kappa shape index (κ2) is 8.16. The lowest BCUT2D eigenvalue weighted by molar-refractivity contribution is -0.393. The summed E-state index contributed by atoms with van der Waals surface area (Å²) in [7, 11) is 0. The molecule has 154 valence electrons. The van der Waals surface area contributed by atoms with Crippen LogP contribution in [0.25, 0.3) is 5.69 Å². The number of aryl methyl sites for hydroxylation is 3. The van der Waals surface area contributed by atoms with Crippen molar-refractivity contribution >= 4 is 23.3 Å². The molecule has 1 heterocycles. The predicted molar refractivity (Wildman–Crippen MR) is 116 cm³/mol. The number of non-ortho nitro benzene ring substituents is 1. The smallest absolute Gasteiger partial charge is 0.301 e. The molecule has 0 fully saturated rings. The summed E-state index contributed by atoms with van der Waals surface area (Å²) in [6.07, 6.45) is 1.58. The zero-order valence-corrected chi connectivity index (χ0v) is 17.0. The van der Waals surface area contributed by atoms with Crippen molar-refractivity contribution in [3.8, 4) is 5.69 Å². The number of aromatic nitrogens is 1. The van der Waals surface area contributed by atoms with E-state index in [9.17, 15) is 20.2 Å². The number of anilines is 1. The average molecular weight is 407 g/mol. The van der Waals surface area contributed by atoms with Crippen molar-refractivity contribution in [3.63, 3.8) is 0 Å². The van der Waals surface area contributed by atoms with Crippen molar-refractivity contribution in [2.75, 3.05) is 5.43 Å². The molecule has 0 bridgehead atoms. The highest BCUT2D eigenvalue weighted by Gasteiger charge is 2.19. The Balaban J connectivity index is 1.89. The minimum absolute atomic E-state index is 0.0740. The highest BCUT2D eigenvalue weighted by Crippen LogP contribution is 2.29. The van der Waals surface area contributed by atoms with Crippen LogP contribution in [0.4, 0.5) is 17.1 Å². The molecular weight excluding hydrogens is 386 g/mol. The van der Waals surface area contributed by atoms with Crippen LogP contribution in [0, 0.1) is 47.9 Å². The summed E-state index contributed by atoms with van der Waals surface area (Å²) < 4.78 is 2.12. The predicted octanol–water partition coefficient (Wildman–Crippen LogP) is 4.97. The number of hydrazone groups is 1. The van der Waals surface area contributed by atoms with Crippen LogP contribution < -0.4 is 5.43 Å². The number of nitrogens with one attached hydrogen (secondary N) is 1. The number of nitro groups is 2. The van der Waals surface area contributed by atoms with E-state index in [0.717, 1.165) is 28.7 Å². The van der Waals surface area contributed by atoms with Gasteiger partial charge in [0.25, 0.3) is 5.69 Å². The van der Waals surface area contributed by atoms with Gasteiger partial charge in [-0.05, 0) is 63.1 Å². The van der Waals surface area contributed by atoms with Crippen molar-refractivity contribution in [1.29, 1.82) is 0 Å². The zero-order valence-electron chi connectivity index (χ0n) is 17.0. The molecule has 0 atom stereocenters. The normalized spacial score (nSPS) is 11.1. The Kier molecular flexibility index (Phi) is 5.63. The average Bonchev–Trinajstić information content (AvgIpc) is 2.94. The molecule has 0 radical (unpaired) electrons. The summed E-state index contributed by atoms with van der Waals surface area (Å²) in [4.78, 5) is 20.7. The maximum atomic E-state index is 11.2. The molecule has 3 rings (SSSR count). The largest absolute Gasteiger partial charge is 0.318 e.